The SMILES string of the molecule is CNCC(=O)NC(C)c1ccc(C)c([N+](=O)[O-])c1. The minimum Gasteiger partial charge on any atom is -0.348 e. The van der Waals surface area contributed by atoms with Crippen LogP contribution in [0, 0.1) is 17.0 Å². The molecule has 0 aliphatic rings. The maximum atomic E-state index is 11.4. The summed E-state index contributed by atoms with van der Waals surface area (Å²) in [6.07, 6.45) is 0. The lowest BCUT2D eigenvalue weighted by atomic mass is 10.0. The molecule has 6 nitrogen and oxygen atoms in total. The first-order chi connectivity index (χ1) is 8.45. The van der Waals surface area contributed by atoms with Crippen molar-refractivity contribution in [2.45, 2.75) is 19.9 Å². The lowest BCUT2D eigenvalue weighted by Crippen LogP contribution is -2.33. The number of nitro benzene ring substituents is 1. The van der Waals surface area contributed by atoms with Gasteiger partial charge in [0.2, 0.25) is 5.91 Å². The van der Waals surface area contributed by atoms with E-state index in [1.165, 1.54) is 6.07 Å². The molecule has 0 aliphatic heterocycles. The second-order valence-corrected chi connectivity index (χ2v) is 4.12. The molecule has 0 bridgehead atoms. The van der Waals surface area contributed by atoms with E-state index in [1.54, 1.807) is 33.0 Å². The third-order valence-electron chi connectivity index (χ3n) is 2.64. The highest BCUT2D eigenvalue weighted by molar-refractivity contribution is 5.78. The van der Waals surface area contributed by atoms with E-state index in [4.69, 9.17) is 0 Å². The maximum absolute atomic E-state index is 11.4. The van der Waals surface area contributed by atoms with Crippen molar-refractivity contribution in [2.75, 3.05) is 13.6 Å². The zero-order valence-electron chi connectivity index (χ0n) is 10.7. The minimum absolute atomic E-state index is 0.0715. The number of likely N-dealkylation sites (N-methyl/N-ethyl adjacent to an activating group) is 1. The molecule has 1 aromatic rings. The van der Waals surface area contributed by atoms with Gasteiger partial charge in [0.25, 0.3) is 5.69 Å². The van der Waals surface area contributed by atoms with Gasteiger partial charge in [-0.05, 0) is 26.5 Å². The van der Waals surface area contributed by atoms with E-state index >= 15 is 0 Å². The standard InChI is InChI=1S/C12H17N3O3/c1-8-4-5-10(6-11(8)15(17)18)9(2)14-12(16)7-13-3/h4-6,9,13H,7H2,1-3H3,(H,14,16). The molecular weight excluding hydrogens is 234 g/mol. The number of benzene rings is 1. The van der Waals surface area contributed by atoms with Gasteiger partial charge in [-0.15, -0.1) is 0 Å². The van der Waals surface area contributed by atoms with Gasteiger partial charge in [-0.25, -0.2) is 0 Å². The van der Waals surface area contributed by atoms with Crippen molar-refractivity contribution in [2.24, 2.45) is 0 Å². The number of nitrogens with one attached hydrogen (secondary N) is 2. The topological polar surface area (TPSA) is 84.3 Å². The molecule has 0 fully saturated rings. The van der Waals surface area contributed by atoms with Crippen molar-refractivity contribution in [3.8, 4) is 0 Å². The second kappa shape index (κ2) is 6.11. The van der Waals surface area contributed by atoms with Crippen molar-refractivity contribution in [1.29, 1.82) is 0 Å². The van der Waals surface area contributed by atoms with Crippen LogP contribution in [0.15, 0.2) is 18.2 Å². The highest BCUT2D eigenvalue weighted by Gasteiger charge is 2.15. The summed E-state index contributed by atoms with van der Waals surface area (Å²) in [5, 5.41) is 16.3. The highest BCUT2D eigenvalue weighted by atomic mass is 16.6. The number of amides is 1. The number of hydrogen-bond acceptors (Lipinski definition) is 4. The van der Waals surface area contributed by atoms with Crippen molar-refractivity contribution in [3.05, 3.63) is 39.4 Å². The van der Waals surface area contributed by atoms with E-state index in [2.05, 4.69) is 10.6 Å². The van der Waals surface area contributed by atoms with Crippen LogP contribution in [0.3, 0.4) is 0 Å². The molecule has 0 heterocycles. The summed E-state index contributed by atoms with van der Waals surface area (Å²) in [4.78, 5) is 21.8. The number of nitrogens with zero attached hydrogens (tertiary/aromatic N) is 1. The molecule has 18 heavy (non-hydrogen) atoms. The fourth-order valence-electron chi connectivity index (χ4n) is 1.63. The normalized spacial score (nSPS) is 11.9. The fourth-order valence-corrected chi connectivity index (χ4v) is 1.63. The van der Waals surface area contributed by atoms with E-state index in [-0.39, 0.29) is 24.2 Å². The average Bonchev–Trinajstić information content (AvgIpc) is 2.29. The smallest absolute Gasteiger partial charge is 0.272 e. The van der Waals surface area contributed by atoms with Crippen LogP contribution in [0.25, 0.3) is 0 Å². The van der Waals surface area contributed by atoms with Gasteiger partial charge in [0.05, 0.1) is 17.5 Å². The summed E-state index contributed by atoms with van der Waals surface area (Å²) < 4.78 is 0. The van der Waals surface area contributed by atoms with Crippen LogP contribution < -0.4 is 10.6 Å². The van der Waals surface area contributed by atoms with Crippen molar-refractivity contribution >= 4 is 11.6 Å². The van der Waals surface area contributed by atoms with Gasteiger partial charge < -0.3 is 10.6 Å². The van der Waals surface area contributed by atoms with Gasteiger partial charge in [-0.2, -0.15) is 0 Å². The Labute approximate surface area is 106 Å². The highest BCUT2D eigenvalue weighted by Crippen LogP contribution is 2.22. The first-order valence-electron chi connectivity index (χ1n) is 5.64. The van der Waals surface area contributed by atoms with E-state index in [9.17, 15) is 14.9 Å². The number of carbonyl (C=O) groups is 1. The summed E-state index contributed by atoms with van der Waals surface area (Å²) >= 11 is 0. The van der Waals surface area contributed by atoms with Gasteiger partial charge in [0, 0.05) is 11.6 Å². The van der Waals surface area contributed by atoms with Gasteiger partial charge >= 0.3 is 0 Å². The van der Waals surface area contributed by atoms with Crippen LogP contribution in [0.4, 0.5) is 5.69 Å². The van der Waals surface area contributed by atoms with Crippen LogP contribution in [0.1, 0.15) is 24.1 Å². The maximum Gasteiger partial charge on any atom is 0.272 e. The molecule has 0 saturated carbocycles. The van der Waals surface area contributed by atoms with Crippen LogP contribution in [0.5, 0.6) is 0 Å². The summed E-state index contributed by atoms with van der Waals surface area (Å²) in [5.41, 5.74) is 1.40. The van der Waals surface area contributed by atoms with Crippen LogP contribution in [-0.2, 0) is 4.79 Å². The zero-order valence-corrected chi connectivity index (χ0v) is 10.7. The minimum atomic E-state index is -0.416. The molecule has 98 valence electrons. The Hall–Kier alpha value is -1.95. The quantitative estimate of drug-likeness (QED) is 0.610. The molecule has 1 unspecified atom stereocenters. The Morgan fingerprint density at radius 2 is 2.17 bits per heavy atom. The predicted octanol–water partition coefficient (Wildman–Crippen LogP) is 1.30. The van der Waals surface area contributed by atoms with Crippen molar-refractivity contribution < 1.29 is 9.72 Å². The number of nitro groups is 1. The van der Waals surface area contributed by atoms with Crippen LogP contribution >= 0.6 is 0 Å². The van der Waals surface area contributed by atoms with Gasteiger partial charge in [-0.1, -0.05) is 12.1 Å². The molecule has 0 aliphatic carbocycles. The third-order valence-corrected chi connectivity index (χ3v) is 2.64. The monoisotopic (exact) mass is 251 g/mol. The van der Waals surface area contributed by atoms with Crippen LogP contribution in [0.2, 0.25) is 0 Å². The van der Waals surface area contributed by atoms with Gasteiger partial charge in [0.15, 0.2) is 0 Å². The van der Waals surface area contributed by atoms with Gasteiger partial charge in [-0.3, -0.25) is 14.9 Å². The Bertz CT molecular complexity index is 460. The number of hydrogen-bond donors (Lipinski definition) is 2. The fraction of sp³-hybridized carbons (Fsp3) is 0.417. The molecule has 1 rings (SSSR count). The van der Waals surface area contributed by atoms with Crippen molar-refractivity contribution in [1.82, 2.24) is 10.6 Å². The number of rotatable bonds is 5. The molecule has 1 atom stereocenters. The third kappa shape index (κ3) is 3.53. The summed E-state index contributed by atoms with van der Waals surface area (Å²) in [6, 6.07) is 4.71. The molecule has 2 N–H and O–H groups in total. The van der Waals surface area contributed by atoms with E-state index < -0.39 is 4.92 Å². The molecule has 0 saturated heterocycles. The molecule has 0 aromatic heterocycles. The largest absolute Gasteiger partial charge is 0.348 e. The Morgan fingerprint density at radius 3 is 2.72 bits per heavy atom. The summed E-state index contributed by atoms with van der Waals surface area (Å²) in [5.74, 6) is -0.145. The lowest BCUT2D eigenvalue weighted by Gasteiger charge is -2.14. The first kappa shape index (κ1) is 14.1. The van der Waals surface area contributed by atoms with E-state index in [0.29, 0.717) is 5.56 Å². The molecule has 1 aromatic carbocycles. The zero-order chi connectivity index (χ0) is 13.7. The molecule has 1 amide bonds. The molecule has 6 heteroatoms. The number of carbonyl (C=O) groups excluding carboxylic acids is 1. The van der Waals surface area contributed by atoms with Crippen LogP contribution in [-0.4, -0.2) is 24.4 Å². The van der Waals surface area contributed by atoms with E-state index in [1.807, 2.05) is 0 Å². The van der Waals surface area contributed by atoms with E-state index in [0.717, 1.165) is 5.56 Å². The first-order valence-corrected chi connectivity index (χ1v) is 5.64. The predicted molar refractivity (Wildman–Crippen MR) is 68.3 cm³/mol. The Kier molecular flexibility index (Phi) is 4.79. The molecule has 0 radical (unpaired) electrons. The molecule has 0 spiro atoms. The summed E-state index contributed by atoms with van der Waals surface area (Å²) in [6.45, 7) is 3.70. The average molecular weight is 251 g/mol. The van der Waals surface area contributed by atoms with Crippen molar-refractivity contribution in [3.63, 3.8) is 0 Å². The lowest BCUT2D eigenvalue weighted by molar-refractivity contribution is -0.385. The summed E-state index contributed by atoms with van der Waals surface area (Å²) in [7, 11) is 1.68. The Balaban J connectivity index is 2.86. The molecular formula is C12H17N3O3. The number of aryl methyl sites for hydroxylation is 1. The van der Waals surface area contributed by atoms with Gasteiger partial charge in [0.1, 0.15) is 0 Å². The second-order valence-electron chi connectivity index (χ2n) is 4.12. The Morgan fingerprint density at radius 1 is 1.50 bits per heavy atom.